The monoisotopic (exact) mass is 566 g/mol. The normalized spacial score (nSPS) is 12.8. The fraction of sp³-hybridized carbons (Fsp3) is 0.280. The van der Waals surface area contributed by atoms with Crippen LogP contribution in [0.2, 0.25) is 10.0 Å². The molecule has 2 aromatic carbocycles. The molecule has 0 unspecified atom stereocenters. The predicted octanol–water partition coefficient (Wildman–Crippen LogP) is 5.86. The first kappa shape index (κ1) is 26.5. The molecule has 0 bridgehead atoms. The highest BCUT2D eigenvalue weighted by Crippen LogP contribution is 2.40. The number of benzene rings is 2. The van der Waals surface area contributed by atoms with E-state index in [4.69, 9.17) is 27.9 Å². The second kappa shape index (κ2) is 10.8. The van der Waals surface area contributed by atoms with Gasteiger partial charge in [0.25, 0.3) is 10.0 Å². The molecule has 0 radical (unpaired) electrons. The van der Waals surface area contributed by atoms with Crippen LogP contribution in [0.3, 0.4) is 0 Å². The lowest BCUT2D eigenvalue weighted by Crippen LogP contribution is -2.38. The number of hydrogen-bond donors (Lipinski definition) is 1. The SMILES string of the molecule is CCOC(=O)c1c(NC(=O)CN(c2cc(Cl)ccc2Cl)S(=O)(=O)c2ccc(C)cc2)sc2c1CCC2. The highest BCUT2D eigenvalue weighted by atomic mass is 35.5. The van der Waals surface area contributed by atoms with Crippen LogP contribution < -0.4 is 9.62 Å². The molecule has 0 saturated carbocycles. The minimum absolute atomic E-state index is 0.000690. The fourth-order valence-electron chi connectivity index (χ4n) is 4.02. The molecule has 1 N–H and O–H groups in total. The molecule has 11 heteroatoms. The summed E-state index contributed by atoms with van der Waals surface area (Å²) in [5, 5.41) is 3.48. The summed E-state index contributed by atoms with van der Waals surface area (Å²) in [5.74, 6) is -1.14. The summed E-state index contributed by atoms with van der Waals surface area (Å²) < 4.78 is 33.4. The summed E-state index contributed by atoms with van der Waals surface area (Å²) in [6, 6.07) is 10.7. The minimum Gasteiger partial charge on any atom is -0.462 e. The van der Waals surface area contributed by atoms with E-state index in [-0.39, 0.29) is 27.2 Å². The zero-order valence-corrected chi connectivity index (χ0v) is 22.8. The van der Waals surface area contributed by atoms with Gasteiger partial charge in [0, 0.05) is 9.90 Å². The number of rotatable bonds is 8. The van der Waals surface area contributed by atoms with Gasteiger partial charge in [0.2, 0.25) is 5.91 Å². The number of carbonyl (C=O) groups excluding carboxylic acids is 2. The molecule has 7 nitrogen and oxygen atoms in total. The molecule has 0 fully saturated rings. The quantitative estimate of drug-likeness (QED) is 0.344. The zero-order chi connectivity index (χ0) is 26.0. The van der Waals surface area contributed by atoms with Crippen LogP contribution in [0.1, 0.15) is 39.7 Å². The molecule has 3 aromatic rings. The first-order valence-electron chi connectivity index (χ1n) is 11.3. The van der Waals surface area contributed by atoms with E-state index in [0.717, 1.165) is 39.6 Å². The molecule has 36 heavy (non-hydrogen) atoms. The Kier molecular flexibility index (Phi) is 7.94. The number of carbonyl (C=O) groups is 2. The van der Waals surface area contributed by atoms with Crippen molar-refractivity contribution in [3.8, 4) is 0 Å². The van der Waals surface area contributed by atoms with Gasteiger partial charge in [-0.25, -0.2) is 13.2 Å². The van der Waals surface area contributed by atoms with Crippen LogP contribution in [0.5, 0.6) is 0 Å². The van der Waals surface area contributed by atoms with E-state index in [1.165, 1.54) is 41.7 Å². The number of aryl methyl sites for hydroxylation is 2. The van der Waals surface area contributed by atoms with Gasteiger partial charge in [-0.1, -0.05) is 40.9 Å². The second-order valence-electron chi connectivity index (χ2n) is 8.25. The predicted molar refractivity (Wildman–Crippen MR) is 143 cm³/mol. The number of nitrogens with zero attached hydrogens (tertiary/aromatic N) is 1. The van der Waals surface area contributed by atoms with Gasteiger partial charge in [-0.15, -0.1) is 11.3 Å². The summed E-state index contributed by atoms with van der Waals surface area (Å²) >= 11 is 13.8. The molecule has 1 aliphatic carbocycles. The number of fused-ring (bicyclic) bond motifs is 1. The number of nitrogens with one attached hydrogen (secondary N) is 1. The molecule has 4 rings (SSSR count). The largest absolute Gasteiger partial charge is 0.462 e. The molecular formula is C25H24Cl2N2O5S2. The maximum absolute atomic E-state index is 13.6. The molecule has 190 valence electrons. The molecule has 0 aliphatic heterocycles. The number of halogens is 2. The van der Waals surface area contributed by atoms with Crippen molar-refractivity contribution in [1.29, 1.82) is 0 Å². The molecule has 1 aromatic heterocycles. The summed E-state index contributed by atoms with van der Waals surface area (Å²) in [6.45, 7) is 3.17. The summed E-state index contributed by atoms with van der Waals surface area (Å²) in [6.07, 6.45) is 2.47. The van der Waals surface area contributed by atoms with E-state index in [1.54, 1.807) is 19.1 Å². The van der Waals surface area contributed by atoms with Crippen molar-refractivity contribution < 1.29 is 22.7 Å². The van der Waals surface area contributed by atoms with E-state index in [0.29, 0.717) is 10.6 Å². The molecule has 1 amide bonds. The fourth-order valence-corrected chi connectivity index (χ4v) is 7.18. The Morgan fingerprint density at radius 2 is 1.83 bits per heavy atom. The Morgan fingerprint density at radius 3 is 2.53 bits per heavy atom. The van der Waals surface area contributed by atoms with Crippen molar-refractivity contribution in [3.05, 3.63) is 74.1 Å². The third-order valence-electron chi connectivity index (χ3n) is 5.73. The van der Waals surface area contributed by atoms with Crippen LogP contribution in [0, 0.1) is 6.92 Å². The van der Waals surface area contributed by atoms with Crippen molar-refractivity contribution in [2.45, 2.75) is 38.0 Å². The highest BCUT2D eigenvalue weighted by Gasteiger charge is 2.32. The van der Waals surface area contributed by atoms with Gasteiger partial charge in [0.15, 0.2) is 0 Å². The summed E-state index contributed by atoms with van der Waals surface area (Å²) in [4.78, 5) is 26.9. The Bertz CT molecular complexity index is 1420. The van der Waals surface area contributed by atoms with Crippen LogP contribution in [0.15, 0.2) is 47.4 Å². The number of esters is 1. The number of amides is 1. The molecule has 0 atom stereocenters. The Hall–Kier alpha value is -2.59. The van der Waals surface area contributed by atoms with Crippen molar-refractivity contribution in [2.24, 2.45) is 0 Å². The van der Waals surface area contributed by atoms with E-state index in [1.807, 2.05) is 6.92 Å². The average Bonchev–Trinajstić information content (AvgIpc) is 3.40. The van der Waals surface area contributed by atoms with Crippen LogP contribution in [-0.2, 0) is 32.4 Å². The van der Waals surface area contributed by atoms with Gasteiger partial charge < -0.3 is 10.1 Å². The lowest BCUT2D eigenvalue weighted by Gasteiger charge is -2.25. The summed E-state index contributed by atoms with van der Waals surface area (Å²) in [7, 11) is -4.19. The maximum atomic E-state index is 13.6. The van der Waals surface area contributed by atoms with Gasteiger partial charge in [0.1, 0.15) is 11.5 Å². The molecule has 0 spiro atoms. The minimum atomic E-state index is -4.19. The number of ether oxygens (including phenoxy) is 1. The number of sulfonamides is 1. The number of hydrogen-bond acceptors (Lipinski definition) is 6. The van der Waals surface area contributed by atoms with E-state index in [9.17, 15) is 18.0 Å². The standard InChI is InChI=1S/C25H24Cl2N2O5S2/c1-3-34-25(31)23-18-5-4-6-21(18)35-24(23)28-22(30)14-29(20-13-16(26)9-12-19(20)27)36(32,33)17-10-7-15(2)8-11-17/h7-13H,3-6,14H2,1-2H3,(H,28,30). The van der Waals surface area contributed by atoms with E-state index >= 15 is 0 Å². The van der Waals surface area contributed by atoms with Crippen LogP contribution in [-0.4, -0.2) is 33.4 Å². The lowest BCUT2D eigenvalue weighted by molar-refractivity contribution is -0.114. The second-order valence-corrected chi connectivity index (χ2v) is 12.1. The Labute approximate surface area is 224 Å². The van der Waals surface area contributed by atoms with Crippen LogP contribution in [0.4, 0.5) is 10.7 Å². The van der Waals surface area contributed by atoms with Crippen molar-refractivity contribution in [2.75, 3.05) is 22.8 Å². The zero-order valence-electron chi connectivity index (χ0n) is 19.6. The molecule has 0 saturated heterocycles. The van der Waals surface area contributed by atoms with Gasteiger partial charge >= 0.3 is 5.97 Å². The van der Waals surface area contributed by atoms with Crippen LogP contribution >= 0.6 is 34.5 Å². The third-order valence-corrected chi connectivity index (χ3v) is 9.26. The van der Waals surface area contributed by atoms with Crippen molar-refractivity contribution >= 4 is 67.1 Å². The average molecular weight is 568 g/mol. The van der Waals surface area contributed by atoms with Gasteiger partial charge in [-0.05, 0) is 69.0 Å². The molecule has 1 aliphatic rings. The first-order chi connectivity index (χ1) is 17.1. The van der Waals surface area contributed by atoms with E-state index in [2.05, 4.69) is 5.32 Å². The Morgan fingerprint density at radius 1 is 1.11 bits per heavy atom. The highest BCUT2D eigenvalue weighted by molar-refractivity contribution is 7.92. The number of thiophene rings is 1. The van der Waals surface area contributed by atoms with Crippen molar-refractivity contribution in [1.82, 2.24) is 0 Å². The molecular weight excluding hydrogens is 543 g/mol. The number of anilines is 2. The summed E-state index contributed by atoms with van der Waals surface area (Å²) in [5.41, 5.74) is 2.18. The van der Waals surface area contributed by atoms with Gasteiger partial charge in [0.05, 0.1) is 27.8 Å². The van der Waals surface area contributed by atoms with E-state index < -0.39 is 28.4 Å². The third kappa shape index (κ3) is 5.39. The maximum Gasteiger partial charge on any atom is 0.341 e. The molecule has 1 heterocycles. The van der Waals surface area contributed by atoms with Gasteiger partial charge in [-0.3, -0.25) is 9.10 Å². The Balaban J connectivity index is 1.70. The van der Waals surface area contributed by atoms with Crippen molar-refractivity contribution in [3.63, 3.8) is 0 Å². The lowest BCUT2D eigenvalue weighted by atomic mass is 10.1. The van der Waals surface area contributed by atoms with Gasteiger partial charge in [-0.2, -0.15) is 0 Å². The first-order valence-corrected chi connectivity index (χ1v) is 14.3. The van der Waals surface area contributed by atoms with Crippen LogP contribution in [0.25, 0.3) is 0 Å². The smallest absolute Gasteiger partial charge is 0.341 e. The topological polar surface area (TPSA) is 92.8 Å².